The zero-order chi connectivity index (χ0) is 13.1. The second-order valence-electron chi connectivity index (χ2n) is 3.96. The highest BCUT2D eigenvalue weighted by Crippen LogP contribution is 2.32. The third kappa shape index (κ3) is 2.99. The Labute approximate surface area is 122 Å². The van der Waals surface area contributed by atoms with Crippen LogP contribution in [0.3, 0.4) is 0 Å². The highest BCUT2D eigenvalue weighted by molar-refractivity contribution is 6.35. The molecule has 0 saturated heterocycles. The molecule has 1 N–H and O–H groups in total. The van der Waals surface area contributed by atoms with Gasteiger partial charge in [-0.2, -0.15) is 0 Å². The Hall–Kier alpha value is -0.730. The number of halogens is 3. The molecule has 94 valence electrons. The van der Waals surface area contributed by atoms with Crippen LogP contribution in [0, 0.1) is 0 Å². The fraction of sp³-hybridized carbons (Fsp3) is 0.143. The minimum atomic E-state index is 0.657. The highest BCUT2D eigenvalue weighted by Gasteiger charge is 2.07. The van der Waals surface area contributed by atoms with Gasteiger partial charge in [0.1, 0.15) is 0 Å². The van der Waals surface area contributed by atoms with Crippen LogP contribution in [0.15, 0.2) is 36.4 Å². The van der Waals surface area contributed by atoms with Crippen molar-refractivity contribution < 1.29 is 0 Å². The van der Waals surface area contributed by atoms with E-state index in [4.69, 9.17) is 34.8 Å². The third-order valence-corrected chi connectivity index (χ3v) is 3.58. The predicted octanol–water partition coefficient (Wildman–Crippen LogP) is 5.03. The molecular formula is C14H12Cl3N. The van der Waals surface area contributed by atoms with Crippen molar-refractivity contribution in [3.8, 4) is 11.1 Å². The first-order valence-corrected chi connectivity index (χ1v) is 6.63. The summed E-state index contributed by atoms with van der Waals surface area (Å²) in [5.41, 5.74) is 2.91. The smallest absolute Gasteiger partial charge is 0.0485 e. The van der Waals surface area contributed by atoms with Crippen LogP contribution in [-0.2, 0) is 6.54 Å². The van der Waals surface area contributed by atoms with Crippen LogP contribution in [0.4, 0.5) is 0 Å². The van der Waals surface area contributed by atoms with Gasteiger partial charge in [0.05, 0.1) is 0 Å². The van der Waals surface area contributed by atoms with E-state index in [0.29, 0.717) is 10.0 Å². The van der Waals surface area contributed by atoms with Crippen molar-refractivity contribution in [2.45, 2.75) is 6.54 Å². The van der Waals surface area contributed by atoms with Crippen molar-refractivity contribution in [2.24, 2.45) is 0 Å². The summed E-state index contributed by atoms with van der Waals surface area (Å²) >= 11 is 18.4. The summed E-state index contributed by atoms with van der Waals surface area (Å²) in [7, 11) is 1.89. The molecule has 1 nitrogen and oxygen atoms in total. The highest BCUT2D eigenvalue weighted by atomic mass is 35.5. The van der Waals surface area contributed by atoms with Crippen LogP contribution < -0.4 is 5.32 Å². The maximum absolute atomic E-state index is 6.23. The van der Waals surface area contributed by atoms with Crippen LogP contribution >= 0.6 is 34.8 Å². The van der Waals surface area contributed by atoms with E-state index >= 15 is 0 Å². The molecule has 18 heavy (non-hydrogen) atoms. The van der Waals surface area contributed by atoms with Gasteiger partial charge in [-0.05, 0) is 42.4 Å². The van der Waals surface area contributed by atoms with Gasteiger partial charge < -0.3 is 5.32 Å². The molecular weight excluding hydrogens is 289 g/mol. The molecule has 0 fully saturated rings. The molecule has 0 unspecified atom stereocenters. The number of hydrogen-bond acceptors (Lipinski definition) is 1. The van der Waals surface area contributed by atoms with E-state index in [-0.39, 0.29) is 0 Å². The molecule has 2 rings (SSSR count). The minimum absolute atomic E-state index is 0.657. The second-order valence-corrected chi connectivity index (χ2v) is 5.21. The van der Waals surface area contributed by atoms with E-state index in [1.54, 1.807) is 12.1 Å². The predicted molar refractivity (Wildman–Crippen MR) is 79.7 cm³/mol. The molecule has 0 amide bonds. The maximum atomic E-state index is 6.23. The topological polar surface area (TPSA) is 12.0 Å². The van der Waals surface area contributed by atoms with Gasteiger partial charge in [-0.1, -0.05) is 46.9 Å². The normalized spacial score (nSPS) is 10.7. The van der Waals surface area contributed by atoms with Crippen LogP contribution in [0.25, 0.3) is 11.1 Å². The molecule has 0 aromatic heterocycles. The first-order chi connectivity index (χ1) is 8.61. The Morgan fingerprint density at radius 1 is 0.944 bits per heavy atom. The second kappa shape index (κ2) is 5.94. The molecule has 2 aromatic rings. The van der Waals surface area contributed by atoms with Gasteiger partial charge in [0.25, 0.3) is 0 Å². The van der Waals surface area contributed by atoms with Gasteiger partial charge in [-0.3, -0.25) is 0 Å². The quantitative estimate of drug-likeness (QED) is 0.838. The van der Waals surface area contributed by atoms with E-state index in [9.17, 15) is 0 Å². The number of benzene rings is 2. The van der Waals surface area contributed by atoms with Crippen molar-refractivity contribution in [3.63, 3.8) is 0 Å². The summed E-state index contributed by atoms with van der Waals surface area (Å²) in [5, 5.41) is 5.11. The van der Waals surface area contributed by atoms with Crippen LogP contribution in [0.2, 0.25) is 15.1 Å². The average Bonchev–Trinajstić information content (AvgIpc) is 2.35. The van der Waals surface area contributed by atoms with Crippen LogP contribution in [-0.4, -0.2) is 7.05 Å². The fourth-order valence-electron chi connectivity index (χ4n) is 1.77. The summed E-state index contributed by atoms with van der Waals surface area (Å²) in [4.78, 5) is 0. The van der Waals surface area contributed by atoms with Crippen LogP contribution in [0.1, 0.15) is 5.56 Å². The summed E-state index contributed by atoms with van der Waals surface area (Å²) < 4.78 is 0. The lowest BCUT2D eigenvalue weighted by Gasteiger charge is -2.09. The largest absolute Gasteiger partial charge is 0.316 e. The molecule has 0 aliphatic heterocycles. The summed E-state index contributed by atoms with van der Waals surface area (Å²) in [6.45, 7) is 0.738. The Morgan fingerprint density at radius 2 is 1.72 bits per heavy atom. The van der Waals surface area contributed by atoms with Crippen molar-refractivity contribution in [1.82, 2.24) is 5.32 Å². The Bertz CT molecular complexity index is 567. The van der Waals surface area contributed by atoms with Gasteiger partial charge in [0, 0.05) is 27.2 Å². The lowest BCUT2D eigenvalue weighted by Crippen LogP contribution is -2.05. The van der Waals surface area contributed by atoms with Gasteiger partial charge >= 0.3 is 0 Å². The maximum Gasteiger partial charge on any atom is 0.0485 e. The number of rotatable bonds is 3. The number of nitrogens with one attached hydrogen (secondary N) is 1. The van der Waals surface area contributed by atoms with Crippen molar-refractivity contribution in [2.75, 3.05) is 7.05 Å². The SMILES string of the molecule is CNCc1ccc(-c2cc(Cl)ccc2Cl)cc1Cl. The average molecular weight is 301 g/mol. The summed E-state index contributed by atoms with van der Waals surface area (Å²) in [6.07, 6.45) is 0. The lowest BCUT2D eigenvalue weighted by atomic mass is 10.0. The zero-order valence-electron chi connectivity index (χ0n) is 9.81. The molecule has 0 aliphatic rings. The minimum Gasteiger partial charge on any atom is -0.316 e. The van der Waals surface area contributed by atoms with E-state index in [1.165, 1.54) is 0 Å². The molecule has 0 radical (unpaired) electrons. The van der Waals surface area contributed by atoms with Gasteiger partial charge in [-0.15, -0.1) is 0 Å². The standard InChI is InChI=1S/C14H12Cl3N/c1-18-8-10-3-2-9(6-14(10)17)12-7-11(15)4-5-13(12)16/h2-7,18H,8H2,1H3. The Morgan fingerprint density at radius 3 is 2.39 bits per heavy atom. The molecule has 0 saturated carbocycles. The lowest BCUT2D eigenvalue weighted by molar-refractivity contribution is 0.818. The Kier molecular flexibility index (Phi) is 4.52. The molecule has 0 spiro atoms. The first-order valence-electron chi connectivity index (χ1n) is 5.50. The molecule has 0 aliphatic carbocycles. The molecule has 0 heterocycles. The third-order valence-electron chi connectivity index (χ3n) is 2.66. The van der Waals surface area contributed by atoms with E-state index in [0.717, 1.165) is 28.3 Å². The van der Waals surface area contributed by atoms with Crippen molar-refractivity contribution >= 4 is 34.8 Å². The van der Waals surface area contributed by atoms with E-state index in [1.807, 2.05) is 31.3 Å². The zero-order valence-corrected chi connectivity index (χ0v) is 12.1. The summed E-state index contributed by atoms with van der Waals surface area (Å²) in [5.74, 6) is 0. The number of hydrogen-bond donors (Lipinski definition) is 1. The van der Waals surface area contributed by atoms with E-state index in [2.05, 4.69) is 5.32 Å². The van der Waals surface area contributed by atoms with Gasteiger partial charge in [-0.25, -0.2) is 0 Å². The fourth-order valence-corrected chi connectivity index (χ4v) is 2.41. The molecule has 0 bridgehead atoms. The Balaban J connectivity index is 2.45. The van der Waals surface area contributed by atoms with Crippen LogP contribution in [0.5, 0.6) is 0 Å². The van der Waals surface area contributed by atoms with Crippen molar-refractivity contribution in [3.05, 3.63) is 57.0 Å². The van der Waals surface area contributed by atoms with Crippen molar-refractivity contribution in [1.29, 1.82) is 0 Å². The van der Waals surface area contributed by atoms with E-state index < -0.39 is 0 Å². The summed E-state index contributed by atoms with van der Waals surface area (Å²) in [6, 6.07) is 11.3. The van der Waals surface area contributed by atoms with Gasteiger partial charge in [0.15, 0.2) is 0 Å². The molecule has 0 atom stereocenters. The monoisotopic (exact) mass is 299 g/mol. The molecule has 4 heteroatoms. The first kappa shape index (κ1) is 13.7. The van der Waals surface area contributed by atoms with Gasteiger partial charge in [0.2, 0.25) is 0 Å². The molecule has 2 aromatic carbocycles.